The molecule has 1 saturated heterocycles. The van der Waals surface area contributed by atoms with E-state index >= 15 is 0 Å². The molecule has 1 atom stereocenters. The molecule has 1 heterocycles. The minimum absolute atomic E-state index is 0.770. The second-order valence-corrected chi connectivity index (χ2v) is 6.27. The molecule has 0 amide bonds. The van der Waals surface area contributed by atoms with E-state index in [0.29, 0.717) is 0 Å². The van der Waals surface area contributed by atoms with Crippen molar-refractivity contribution in [2.45, 2.75) is 58.4 Å². The Morgan fingerprint density at radius 1 is 1.06 bits per heavy atom. The highest BCUT2D eigenvalue weighted by Crippen LogP contribution is 2.28. The van der Waals surface area contributed by atoms with Crippen molar-refractivity contribution in [1.82, 2.24) is 10.2 Å². The van der Waals surface area contributed by atoms with Crippen LogP contribution in [0.4, 0.5) is 0 Å². The predicted octanol–water partition coefficient (Wildman–Crippen LogP) is 2.89. The topological polar surface area (TPSA) is 15.3 Å². The van der Waals surface area contributed by atoms with E-state index in [1.807, 2.05) is 0 Å². The van der Waals surface area contributed by atoms with Gasteiger partial charge in [0.25, 0.3) is 0 Å². The first-order chi connectivity index (χ1) is 8.28. The number of hydrogen-bond acceptors (Lipinski definition) is 2. The van der Waals surface area contributed by atoms with E-state index in [2.05, 4.69) is 24.1 Å². The normalized spacial score (nSPS) is 36.7. The third-order valence-electron chi connectivity index (χ3n) is 4.80. The molecule has 2 rings (SSSR count). The molecule has 100 valence electrons. The summed E-state index contributed by atoms with van der Waals surface area (Å²) < 4.78 is 0. The van der Waals surface area contributed by atoms with E-state index in [4.69, 9.17) is 0 Å². The monoisotopic (exact) mass is 238 g/mol. The Morgan fingerprint density at radius 3 is 2.53 bits per heavy atom. The number of nitrogens with one attached hydrogen (secondary N) is 1. The van der Waals surface area contributed by atoms with Crippen LogP contribution in [-0.4, -0.2) is 37.1 Å². The molecule has 0 bridgehead atoms. The largest absolute Gasteiger partial charge is 0.313 e. The third-order valence-corrected chi connectivity index (χ3v) is 4.80. The van der Waals surface area contributed by atoms with Crippen LogP contribution in [0.5, 0.6) is 0 Å². The maximum absolute atomic E-state index is 3.66. The minimum atomic E-state index is 0.770. The van der Waals surface area contributed by atoms with Gasteiger partial charge in [-0.15, -0.1) is 0 Å². The van der Waals surface area contributed by atoms with Crippen LogP contribution in [0, 0.1) is 11.8 Å². The first-order valence-electron chi connectivity index (χ1n) is 7.73. The molecule has 0 aromatic carbocycles. The summed E-state index contributed by atoms with van der Waals surface area (Å²) in [6, 6.07) is 0.770. The van der Waals surface area contributed by atoms with Crippen LogP contribution in [0.25, 0.3) is 0 Å². The third kappa shape index (κ3) is 4.26. The zero-order chi connectivity index (χ0) is 12.1. The van der Waals surface area contributed by atoms with Gasteiger partial charge in [0.05, 0.1) is 0 Å². The van der Waals surface area contributed by atoms with Gasteiger partial charge in [0.1, 0.15) is 0 Å². The average molecular weight is 238 g/mol. The van der Waals surface area contributed by atoms with Crippen LogP contribution in [0.15, 0.2) is 0 Å². The van der Waals surface area contributed by atoms with Crippen LogP contribution in [0.1, 0.15) is 52.4 Å². The summed E-state index contributed by atoms with van der Waals surface area (Å²) in [6.07, 6.45) is 8.52. The molecule has 1 aliphatic carbocycles. The summed E-state index contributed by atoms with van der Waals surface area (Å²) in [5.41, 5.74) is 0. The lowest BCUT2D eigenvalue weighted by Crippen LogP contribution is -2.34. The Bertz CT molecular complexity index is 209. The molecule has 17 heavy (non-hydrogen) atoms. The molecule has 1 saturated carbocycles. The molecule has 0 radical (unpaired) electrons. The van der Waals surface area contributed by atoms with Crippen molar-refractivity contribution in [3.63, 3.8) is 0 Å². The molecule has 0 aromatic rings. The first kappa shape index (κ1) is 13.4. The molecule has 2 nitrogen and oxygen atoms in total. The highest BCUT2D eigenvalue weighted by atomic mass is 15.2. The van der Waals surface area contributed by atoms with E-state index < -0.39 is 0 Å². The fraction of sp³-hybridized carbons (Fsp3) is 1.00. The molecule has 2 aliphatic rings. The Balaban J connectivity index is 1.71. The minimum Gasteiger partial charge on any atom is -0.313 e. The number of rotatable bonds is 3. The van der Waals surface area contributed by atoms with Crippen molar-refractivity contribution in [2.75, 3.05) is 26.2 Å². The lowest BCUT2D eigenvalue weighted by Gasteiger charge is -2.31. The smallest absolute Gasteiger partial charge is 0.0107 e. The van der Waals surface area contributed by atoms with Gasteiger partial charge in [-0.05, 0) is 44.1 Å². The average Bonchev–Trinajstić information content (AvgIpc) is 2.57. The lowest BCUT2D eigenvalue weighted by molar-refractivity contribution is 0.191. The molecule has 2 fully saturated rings. The maximum Gasteiger partial charge on any atom is 0.0107 e. The number of nitrogens with zero attached hydrogens (tertiary/aromatic N) is 1. The van der Waals surface area contributed by atoms with Gasteiger partial charge in [0, 0.05) is 25.7 Å². The summed E-state index contributed by atoms with van der Waals surface area (Å²) in [4.78, 5) is 2.71. The van der Waals surface area contributed by atoms with E-state index in [1.165, 1.54) is 64.7 Å². The molecular formula is C15H30N2. The van der Waals surface area contributed by atoms with Crippen LogP contribution >= 0.6 is 0 Å². The van der Waals surface area contributed by atoms with Gasteiger partial charge in [-0.3, -0.25) is 0 Å². The van der Waals surface area contributed by atoms with E-state index in [1.54, 1.807) is 0 Å². The van der Waals surface area contributed by atoms with Gasteiger partial charge in [-0.2, -0.15) is 0 Å². The molecule has 1 N–H and O–H groups in total. The highest BCUT2D eigenvalue weighted by Gasteiger charge is 2.22. The van der Waals surface area contributed by atoms with Gasteiger partial charge < -0.3 is 10.2 Å². The van der Waals surface area contributed by atoms with Crippen LogP contribution < -0.4 is 5.32 Å². The Labute approximate surface area is 107 Å². The molecule has 2 heteroatoms. The zero-order valence-corrected chi connectivity index (χ0v) is 11.8. The highest BCUT2D eigenvalue weighted by molar-refractivity contribution is 4.78. The van der Waals surface area contributed by atoms with Crippen molar-refractivity contribution in [3.8, 4) is 0 Å². The first-order valence-corrected chi connectivity index (χ1v) is 7.73. The summed E-state index contributed by atoms with van der Waals surface area (Å²) in [5, 5.41) is 3.66. The van der Waals surface area contributed by atoms with Gasteiger partial charge in [-0.1, -0.05) is 26.7 Å². The SMILES string of the molecule is CCC1CCN(CC2CCC(C)CC2)CCN1. The van der Waals surface area contributed by atoms with Crippen LogP contribution in [-0.2, 0) is 0 Å². The summed E-state index contributed by atoms with van der Waals surface area (Å²) in [7, 11) is 0. The summed E-state index contributed by atoms with van der Waals surface area (Å²) in [5.74, 6) is 1.98. The van der Waals surface area contributed by atoms with Gasteiger partial charge in [0.15, 0.2) is 0 Å². The van der Waals surface area contributed by atoms with E-state index in [9.17, 15) is 0 Å². The van der Waals surface area contributed by atoms with E-state index in [-0.39, 0.29) is 0 Å². The maximum atomic E-state index is 3.66. The molecule has 1 aliphatic heterocycles. The second kappa shape index (κ2) is 6.75. The summed E-state index contributed by atoms with van der Waals surface area (Å²) in [6.45, 7) is 9.86. The van der Waals surface area contributed by atoms with Crippen molar-refractivity contribution >= 4 is 0 Å². The Hall–Kier alpha value is -0.0800. The van der Waals surface area contributed by atoms with Crippen molar-refractivity contribution in [2.24, 2.45) is 11.8 Å². The van der Waals surface area contributed by atoms with Crippen LogP contribution in [0.2, 0.25) is 0 Å². The predicted molar refractivity (Wildman–Crippen MR) is 74.3 cm³/mol. The molecule has 0 aromatic heterocycles. The fourth-order valence-electron chi connectivity index (χ4n) is 3.39. The standard InChI is InChI=1S/C15H30N2/c1-3-15-8-10-17(11-9-16-15)12-14-6-4-13(2)5-7-14/h13-16H,3-12H2,1-2H3. The van der Waals surface area contributed by atoms with Crippen molar-refractivity contribution < 1.29 is 0 Å². The molecule has 0 spiro atoms. The van der Waals surface area contributed by atoms with Gasteiger partial charge in [0.2, 0.25) is 0 Å². The van der Waals surface area contributed by atoms with E-state index in [0.717, 1.165) is 17.9 Å². The Kier molecular flexibility index (Phi) is 5.30. The molecule has 1 unspecified atom stereocenters. The zero-order valence-electron chi connectivity index (χ0n) is 11.8. The fourth-order valence-corrected chi connectivity index (χ4v) is 3.39. The van der Waals surface area contributed by atoms with Gasteiger partial charge >= 0.3 is 0 Å². The van der Waals surface area contributed by atoms with Crippen molar-refractivity contribution in [1.29, 1.82) is 0 Å². The summed E-state index contributed by atoms with van der Waals surface area (Å²) >= 11 is 0. The second-order valence-electron chi connectivity index (χ2n) is 6.27. The molecular weight excluding hydrogens is 208 g/mol. The quantitative estimate of drug-likeness (QED) is 0.813. The lowest BCUT2D eigenvalue weighted by atomic mass is 9.83. The van der Waals surface area contributed by atoms with Crippen molar-refractivity contribution in [3.05, 3.63) is 0 Å². The number of hydrogen-bond donors (Lipinski definition) is 1. The van der Waals surface area contributed by atoms with Crippen LogP contribution in [0.3, 0.4) is 0 Å². The Morgan fingerprint density at radius 2 is 1.82 bits per heavy atom. The van der Waals surface area contributed by atoms with Gasteiger partial charge in [-0.25, -0.2) is 0 Å².